The van der Waals surface area contributed by atoms with Gasteiger partial charge in [0.05, 0.1) is 12.8 Å². The zero-order valence-corrected chi connectivity index (χ0v) is 17.1. The maximum Gasteiger partial charge on any atom is 0.253 e. The second-order valence-electron chi connectivity index (χ2n) is 6.51. The molecule has 0 bridgehead atoms. The SMILES string of the molecule is COc1ccc(-c2nnc(Sc3cc(-c4ccccc4)nc4ncnn34)n2C)cc1. The van der Waals surface area contributed by atoms with Crippen molar-refractivity contribution in [2.75, 3.05) is 7.11 Å². The predicted molar refractivity (Wildman–Crippen MR) is 113 cm³/mol. The first-order valence-electron chi connectivity index (χ1n) is 9.21. The van der Waals surface area contributed by atoms with Gasteiger partial charge in [0.2, 0.25) is 0 Å². The summed E-state index contributed by atoms with van der Waals surface area (Å²) >= 11 is 1.47. The fourth-order valence-corrected chi connectivity index (χ4v) is 3.98. The molecule has 0 radical (unpaired) electrons. The summed E-state index contributed by atoms with van der Waals surface area (Å²) < 4.78 is 8.90. The van der Waals surface area contributed by atoms with Gasteiger partial charge in [-0.15, -0.1) is 10.2 Å². The lowest BCUT2D eigenvalue weighted by molar-refractivity contribution is 0.415. The number of benzene rings is 2. The number of ether oxygens (including phenoxy) is 1. The maximum atomic E-state index is 5.23. The quantitative estimate of drug-likeness (QED) is 0.404. The van der Waals surface area contributed by atoms with Crippen LogP contribution in [-0.4, -0.2) is 41.5 Å². The first kappa shape index (κ1) is 18.3. The topological polar surface area (TPSA) is 83.0 Å². The Bertz CT molecular complexity index is 1310. The third kappa shape index (κ3) is 3.29. The molecule has 0 fully saturated rings. The van der Waals surface area contributed by atoms with Crippen molar-refractivity contribution in [3.8, 4) is 28.4 Å². The minimum atomic E-state index is 0.538. The van der Waals surface area contributed by atoms with E-state index in [1.165, 1.54) is 18.1 Å². The Morgan fingerprint density at radius 2 is 1.73 bits per heavy atom. The molecule has 5 aromatic rings. The molecular weight excluding hydrogens is 398 g/mol. The molecule has 0 amide bonds. The van der Waals surface area contributed by atoms with Gasteiger partial charge in [0.1, 0.15) is 17.1 Å². The lowest BCUT2D eigenvalue weighted by Gasteiger charge is -2.08. The second kappa shape index (κ2) is 7.60. The minimum Gasteiger partial charge on any atom is -0.497 e. The van der Waals surface area contributed by atoms with E-state index in [9.17, 15) is 0 Å². The molecule has 3 aromatic heterocycles. The van der Waals surface area contributed by atoms with Gasteiger partial charge in [-0.3, -0.25) is 0 Å². The molecule has 0 aliphatic carbocycles. The molecule has 9 heteroatoms. The first-order chi connectivity index (χ1) is 14.7. The van der Waals surface area contributed by atoms with Crippen molar-refractivity contribution in [2.45, 2.75) is 10.2 Å². The summed E-state index contributed by atoms with van der Waals surface area (Å²) in [4.78, 5) is 8.89. The highest BCUT2D eigenvalue weighted by molar-refractivity contribution is 7.99. The van der Waals surface area contributed by atoms with Crippen molar-refractivity contribution in [2.24, 2.45) is 7.05 Å². The summed E-state index contributed by atoms with van der Waals surface area (Å²) in [5.41, 5.74) is 2.81. The van der Waals surface area contributed by atoms with Crippen molar-refractivity contribution in [3.05, 3.63) is 67.0 Å². The van der Waals surface area contributed by atoms with Crippen LogP contribution in [0.2, 0.25) is 0 Å². The summed E-state index contributed by atoms with van der Waals surface area (Å²) in [7, 11) is 3.59. The van der Waals surface area contributed by atoms with E-state index < -0.39 is 0 Å². The fourth-order valence-electron chi connectivity index (χ4n) is 3.10. The molecule has 0 N–H and O–H groups in total. The molecule has 8 nitrogen and oxygen atoms in total. The predicted octanol–water partition coefficient (Wildman–Crippen LogP) is 3.75. The lowest BCUT2D eigenvalue weighted by Crippen LogP contribution is -2.00. The normalized spacial score (nSPS) is 11.1. The van der Waals surface area contributed by atoms with Gasteiger partial charge in [0, 0.05) is 18.2 Å². The molecule has 5 rings (SSSR count). The highest BCUT2D eigenvalue weighted by Crippen LogP contribution is 2.31. The summed E-state index contributed by atoms with van der Waals surface area (Å²) in [6.07, 6.45) is 1.50. The molecule has 3 heterocycles. The first-order valence-corrected chi connectivity index (χ1v) is 10.0. The Labute approximate surface area is 176 Å². The van der Waals surface area contributed by atoms with Gasteiger partial charge in [0.15, 0.2) is 11.0 Å². The fraction of sp³-hybridized carbons (Fsp3) is 0.0952. The van der Waals surface area contributed by atoms with Crippen LogP contribution in [0.15, 0.2) is 77.2 Å². The zero-order valence-electron chi connectivity index (χ0n) is 16.3. The van der Waals surface area contributed by atoms with Crippen LogP contribution in [-0.2, 0) is 7.05 Å². The van der Waals surface area contributed by atoms with Gasteiger partial charge in [-0.1, -0.05) is 30.3 Å². The van der Waals surface area contributed by atoms with Crippen molar-refractivity contribution in [1.82, 2.24) is 34.3 Å². The molecule has 0 aliphatic heterocycles. The van der Waals surface area contributed by atoms with Crippen molar-refractivity contribution < 1.29 is 4.74 Å². The molecule has 0 saturated heterocycles. The number of aromatic nitrogens is 7. The Balaban J connectivity index is 1.53. The number of nitrogens with zero attached hydrogens (tertiary/aromatic N) is 7. The number of fused-ring (bicyclic) bond motifs is 1. The molecule has 0 saturated carbocycles. The molecule has 2 aromatic carbocycles. The molecular formula is C21H17N7OS. The number of hydrogen-bond acceptors (Lipinski definition) is 7. The monoisotopic (exact) mass is 415 g/mol. The Morgan fingerprint density at radius 1 is 0.933 bits per heavy atom. The van der Waals surface area contributed by atoms with E-state index in [0.29, 0.717) is 5.78 Å². The largest absolute Gasteiger partial charge is 0.497 e. The van der Waals surface area contributed by atoms with Crippen molar-refractivity contribution in [3.63, 3.8) is 0 Å². The van der Waals surface area contributed by atoms with E-state index in [0.717, 1.165) is 38.6 Å². The van der Waals surface area contributed by atoms with Gasteiger partial charge in [-0.2, -0.15) is 14.6 Å². The standard InChI is InChI=1S/C21H17N7OS/c1-27-19(15-8-10-16(29-2)11-9-15)25-26-21(27)30-18-12-17(14-6-4-3-5-7-14)24-20-22-13-23-28(18)20/h3-13H,1-2H3. The lowest BCUT2D eigenvalue weighted by atomic mass is 10.1. The van der Waals surface area contributed by atoms with Crippen LogP contribution in [0.25, 0.3) is 28.4 Å². The highest BCUT2D eigenvalue weighted by atomic mass is 32.2. The van der Waals surface area contributed by atoms with Crippen LogP contribution in [0.3, 0.4) is 0 Å². The van der Waals surface area contributed by atoms with Crippen LogP contribution in [0.1, 0.15) is 0 Å². The average Bonchev–Trinajstić information content (AvgIpc) is 3.41. The van der Waals surface area contributed by atoms with Crippen LogP contribution in [0, 0.1) is 0 Å². The summed E-state index contributed by atoms with van der Waals surface area (Å²) in [5, 5.41) is 14.7. The summed E-state index contributed by atoms with van der Waals surface area (Å²) in [6, 6.07) is 19.7. The molecule has 148 valence electrons. The van der Waals surface area contributed by atoms with Crippen LogP contribution in [0.4, 0.5) is 0 Å². The van der Waals surface area contributed by atoms with Crippen LogP contribution in [0.5, 0.6) is 5.75 Å². The maximum absolute atomic E-state index is 5.23. The molecule has 30 heavy (non-hydrogen) atoms. The minimum absolute atomic E-state index is 0.538. The Morgan fingerprint density at radius 3 is 2.50 bits per heavy atom. The van der Waals surface area contributed by atoms with E-state index in [1.54, 1.807) is 11.6 Å². The number of hydrogen-bond donors (Lipinski definition) is 0. The van der Waals surface area contributed by atoms with Crippen molar-refractivity contribution in [1.29, 1.82) is 0 Å². The number of methoxy groups -OCH3 is 1. The Kier molecular flexibility index (Phi) is 4.64. The molecule has 0 unspecified atom stereocenters. The van der Waals surface area contributed by atoms with Gasteiger partial charge in [-0.25, -0.2) is 4.98 Å². The molecule has 0 spiro atoms. The Hall–Kier alpha value is -3.72. The molecule has 0 aliphatic rings. The number of rotatable bonds is 5. The van der Waals surface area contributed by atoms with E-state index in [2.05, 4.69) is 25.3 Å². The molecule has 0 atom stereocenters. The van der Waals surface area contributed by atoms with Crippen molar-refractivity contribution >= 4 is 17.5 Å². The zero-order chi connectivity index (χ0) is 20.5. The summed E-state index contributed by atoms with van der Waals surface area (Å²) in [5.74, 6) is 2.11. The second-order valence-corrected chi connectivity index (χ2v) is 7.50. The van der Waals surface area contributed by atoms with Gasteiger partial charge in [0.25, 0.3) is 5.78 Å². The third-order valence-corrected chi connectivity index (χ3v) is 5.71. The smallest absolute Gasteiger partial charge is 0.253 e. The van der Waals surface area contributed by atoms with Gasteiger partial charge in [-0.05, 0) is 42.1 Å². The van der Waals surface area contributed by atoms with Gasteiger partial charge >= 0.3 is 0 Å². The van der Waals surface area contributed by atoms with E-state index in [1.807, 2.05) is 72.3 Å². The summed E-state index contributed by atoms with van der Waals surface area (Å²) in [6.45, 7) is 0. The van der Waals surface area contributed by atoms with E-state index in [4.69, 9.17) is 4.74 Å². The van der Waals surface area contributed by atoms with Crippen LogP contribution >= 0.6 is 11.8 Å². The highest BCUT2D eigenvalue weighted by Gasteiger charge is 2.16. The van der Waals surface area contributed by atoms with Crippen LogP contribution < -0.4 is 4.74 Å². The third-order valence-electron chi connectivity index (χ3n) is 4.67. The average molecular weight is 415 g/mol. The van der Waals surface area contributed by atoms with Gasteiger partial charge < -0.3 is 9.30 Å². The van der Waals surface area contributed by atoms with E-state index in [-0.39, 0.29) is 0 Å². The van der Waals surface area contributed by atoms with E-state index >= 15 is 0 Å².